The van der Waals surface area contributed by atoms with Gasteiger partial charge in [0.2, 0.25) is 0 Å². The van der Waals surface area contributed by atoms with Crippen molar-refractivity contribution in [2.45, 2.75) is 57.5 Å². The molecule has 2 saturated heterocycles. The van der Waals surface area contributed by atoms with Crippen LogP contribution in [0.15, 0.2) is 36.5 Å². The second-order valence-corrected chi connectivity index (χ2v) is 8.11. The molecule has 1 aromatic carbocycles. The Morgan fingerprint density at radius 1 is 1.04 bits per heavy atom. The van der Waals surface area contributed by atoms with Crippen molar-refractivity contribution >= 4 is 0 Å². The molecule has 0 amide bonds. The molecule has 4 rings (SSSR count). The number of phenols is 1. The predicted molar refractivity (Wildman–Crippen MR) is 110 cm³/mol. The second kappa shape index (κ2) is 8.85. The van der Waals surface area contributed by atoms with Crippen molar-refractivity contribution < 1.29 is 5.11 Å². The maximum atomic E-state index is 10.2. The van der Waals surface area contributed by atoms with Crippen LogP contribution >= 0.6 is 0 Å². The number of nitrogens with one attached hydrogen (secondary N) is 1. The maximum absolute atomic E-state index is 10.2. The van der Waals surface area contributed by atoms with Gasteiger partial charge in [0.1, 0.15) is 5.75 Å². The van der Waals surface area contributed by atoms with Crippen LogP contribution in [0.1, 0.15) is 49.7 Å². The van der Waals surface area contributed by atoms with Gasteiger partial charge in [-0.25, -0.2) is 0 Å². The van der Waals surface area contributed by atoms with E-state index in [4.69, 9.17) is 0 Å². The van der Waals surface area contributed by atoms with Crippen LogP contribution in [-0.4, -0.2) is 40.7 Å². The van der Waals surface area contributed by atoms with Crippen LogP contribution in [0, 0.1) is 0 Å². The van der Waals surface area contributed by atoms with Gasteiger partial charge in [0.15, 0.2) is 0 Å². The SMILES string of the molecule is Oc1cc(CC[C@@H]2CCCCN2)cc(-c2ccc(CN3CCCC3)cn2)c1. The summed E-state index contributed by atoms with van der Waals surface area (Å²) in [5.41, 5.74) is 4.41. The molecule has 1 aromatic heterocycles. The van der Waals surface area contributed by atoms with Gasteiger partial charge in [-0.15, -0.1) is 0 Å². The molecular weight excluding hydrogens is 334 g/mol. The van der Waals surface area contributed by atoms with Crippen LogP contribution in [0.5, 0.6) is 5.75 Å². The van der Waals surface area contributed by atoms with Crippen LogP contribution in [0.2, 0.25) is 0 Å². The first-order valence-corrected chi connectivity index (χ1v) is 10.5. The Morgan fingerprint density at radius 2 is 1.93 bits per heavy atom. The van der Waals surface area contributed by atoms with Crippen molar-refractivity contribution in [2.75, 3.05) is 19.6 Å². The molecule has 27 heavy (non-hydrogen) atoms. The van der Waals surface area contributed by atoms with Crippen LogP contribution in [0.4, 0.5) is 0 Å². The van der Waals surface area contributed by atoms with Crippen molar-refractivity contribution in [1.82, 2.24) is 15.2 Å². The number of aryl methyl sites for hydroxylation is 1. The molecule has 3 heterocycles. The van der Waals surface area contributed by atoms with E-state index in [1.807, 2.05) is 18.3 Å². The molecule has 0 saturated carbocycles. The third-order valence-corrected chi connectivity index (χ3v) is 5.90. The Labute approximate surface area is 162 Å². The molecule has 0 bridgehead atoms. The Morgan fingerprint density at radius 3 is 2.67 bits per heavy atom. The second-order valence-electron chi connectivity index (χ2n) is 8.11. The fraction of sp³-hybridized carbons (Fsp3) is 0.522. The molecule has 2 N–H and O–H groups in total. The molecule has 4 nitrogen and oxygen atoms in total. The first-order valence-electron chi connectivity index (χ1n) is 10.5. The Balaban J connectivity index is 1.42. The van der Waals surface area contributed by atoms with Crippen LogP contribution < -0.4 is 5.32 Å². The van der Waals surface area contributed by atoms with Gasteiger partial charge in [-0.3, -0.25) is 9.88 Å². The van der Waals surface area contributed by atoms with Gasteiger partial charge in [0.25, 0.3) is 0 Å². The lowest BCUT2D eigenvalue weighted by Gasteiger charge is -2.23. The Bertz CT molecular complexity index is 732. The molecule has 2 fully saturated rings. The van der Waals surface area contributed by atoms with E-state index in [2.05, 4.69) is 33.4 Å². The number of rotatable bonds is 6. The fourth-order valence-electron chi connectivity index (χ4n) is 4.37. The summed E-state index contributed by atoms with van der Waals surface area (Å²) in [6, 6.07) is 10.8. The van der Waals surface area contributed by atoms with Crippen molar-refractivity contribution in [2.24, 2.45) is 0 Å². The highest BCUT2D eigenvalue weighted by molar-refractivity contribution is 5.62. The number of pyridine rings is 1. The van der Waals surface area contributed by atoms with Crippen molar-refractivity contribution in [3.8, 4) is 17.0 Å². The van der Waals surface area contributed by atoms with Gasteiger partial charge in [0.05, 0.1) is 5.69 Å². The van der Waals surface area contributed by atoms with E-state index in [0.29, 0.717) is 11.8 Å². The minimum atomic E-state index is 0.335. The number of phenolic OH excluding ortho intramolecular Hbond substituents is 1. The van der Waals surface area contributed by atoms with E-state index in [0.717, 1.165) is 37.2 Å². The van der Waals surface area contributed by atoms with Gasteiger partial charge in [0, 0.05) is 24.3 Å². The highest BCUT2D eigenvalue weighted by Crippen LogP contribution is 2.26. The summed E-state index contributed by atoms with van der Waals surface area (Å²) in [5.74, 6) is 0.335. The van der Waals surface area contributed by atoms with E-state index in [1.54, 1.807) is 0 Å². The van der Waals surface area contributed by atoms with E-state index < -0.39 is 0 Å². The van der Waals surface area contributed by atoms with Gasteiger partial charge in [-0.1, -0.05) is 12.5 Å². The summed E-state index contributed by atoms with van der Waals surface area (Å²) in [6.45, 7) is 4.54. The van der Waals surface area contributed by atoms with Crippen LogP contribution in [0.25, 0.3) is 11.3 Å². The summed E-state index contributed by atoms with van der Waals surface area (Å²) in [6.07, 6.45) is 10.6. The number of hydrogen-bond donors (Lipinski definition) is 2. The number of likely N-dealkylation sites (tertiary alicyclic amines) is 1. The number of piperidine rings is 1. The minimum absolute atomic E-state index is 0.335. The van der Waals surface area contributed by atoms with Crippen molar-refractivity contribution in [3.05, 3.63) is 47.7 Å². The standard InChI is InChI=1S/C23H31N3O/c27-22-14-18(6-8-21-5-1-2-10-24-21)13-20(15-22)23-9-7-19(16-25-23)17-26-11-3-4-12-26/h7,9,13-16,21,24,27H,1-6,8,10-12,17H2/t21-/m0/s1. The van der Waals surface area contributed by atoms with Crippen LogP contribution in [0.3, 0.4) is 0 Å². The van der Waals surface area contributed by atoms with Gasteiger partial charge >= 0.3 is 0 Å². The number of hydrogen-bond acceptors (Lipinski definition) is 4. The summed E-state index contributed by atoms with van der Waals surface area (Å²) >= 11 is 0. The summed E-state index contributed by atoms with van der Waals surface area (Å²) in [4.78, 5) is 7.16. The summed E-state index contributed by atoms with van der Waals surface area (Å²) in [7, 11) is 0. The summed E-state index contributed by atoms with van der Waals surface area (Å²) < 4.78 is 0. The van der Waals surface area contributed by atoms with Crippen molar-refractivity contribution in [1.29, 1.82) is 0 Å². The summed E-state index contributed by atoms with van der Waals surface area (Å²) in [5, 5.41) is 13.8. The molecule has 0 spiro atoms. The van der Waals surface area contributed by atoms with E-state index in [1.165, 1.54) is 56.3 Å². The minimum Gasteiger partial charge on any atom is -0.508 e. The van der Waals surface area contributed by atoms with E-state index in [9.17, 15) is 5.11 Å². The lowest BCUT2D eigenvalue weighted by Crippen LogP contribution is -2.34. The molecule has 2 aromatic rings. The predicted octanol–water partition coefficient (Wildman–Crippen LogP) is 4.12. The monoisotopic (exact) mass is 365 g/mol. The molecule has 4 heteroatoms. The fourth-order valence-corrected chi connectivity index (χ4v) is 4.37. The van der Waals surface area contributed by atoms with Gasteiger partial charge < -0.3 is 10.4 Å². The quantitative estimate of drug-likeness (QED) is 0.808. The Kier molecular flexibility index (Phi) is 6.05. The first kappa shape index (κ1) is 18.5. The molecule has 2 aliphatic rings. The van der Waals surface area contributed by atoms with Gasteiger partial charge in [-0.05, 0) is 93.6 Å². The van der Waals surface area contributed by atoms with Crippen molar-refractivity contribution in [3.63, 3.8) is 0 Å². The average Bonchev–Trinajstić information content (AvgIpc) is 3.20. The molecule has 144 valence electrons. The lowest BCUT2D eigenvalue weighted by molar-refractivity contribution is 0.331. The number of aromatic hydroxyl groups is 1. The average molecular weight is 366 g/mol. The zero-order chi connectivity index (χ0) is 18.5. The lowest BCUT2D eigenvalue weighted by atomic mass is 9.96. The van der Waals surface area contributed by atoms with Gasteiger partial charge in [-0.2, -0.15) is 0 Å². The third-order valence-electron chi connectivity index (χ3n) is 5.90. The highest BCUT2D eigenvalue weighted by atomic mass is 16.3. The number of benzene rings is 1. The number of nitrogens with zero attached hydrogens (tertiary/aromatic N) is 2. The Hall–Kier alpha value is -1.91. The largest absolute Gasteiger partial charge is 0.508 e. The smallest absolute Gasteiger partial charge is 0.116 e. The molecule has 0 radical (unpaired) electrons. The molecule has 0 aliphatic carbocycles. The first-order chi connectivity index (χ1) is 13.3. The topological polar surface area (TPSA) is 48.4 Å². The molecule has 2 aliphatic heterocycles. The molecular formula is C23H31N3O. The zero-order valence-corrected chi connectivity index (χ0v) is 16.2. The van der Waals surface area contributed by atoms with Crippen LogP contribution in [-0.2, 0) is 13.0 Å². The van der Waals surface area contributed by atoms with E-state index in [-0.39, 0.29) is 0 Å². The number of aromatic nitrogens is 1. The highest BCUT2D eigenvalue weighted by Gasteiger charge is 2.14. The zero-order valence-electron chi connectivity index (χ0n) is 16.2. The molecule has 1 atom stereocenters. The normalized spacial score (nSPS) is 20.8. The van der Waals surface area contributed by atoms with E-state index >= 15 is 0 Å². The maximum Gasteiger partial charge on any atom is 0.116 e. The third kappa shape index (κ3) is 5.08. The molecule has 0 unspecified atom stereocenters.